The lowest BCUT2D eigenvalue weighted by Gasteiger charge is -2.33. The summed E-state index contributed by atoms with van der Waals surface area (Å²) in [5.41, 5.74) is 16.0. The van der Waals surface area contributed by atoms with Crippen LogP contribution in [-0.2, 0) is 0 Å². The quantitative estimate of drug-likeness (QED) is 0.196. The molecular weight excluding hydrogens is 460 g/mol. The summed E-state index contributed by atoms with van der Waals surface area (Å²) >= 11 is 0. The van der Waals surface area contributed by atoms with Gasteiger partial charge in [-0.15, -0.1) is 0 Å². The molecule has 0 aliphatic heterocycles. The molecule has 0 aromatic heterocycles. The van der Waals surface area contributed by atoms with Crippen molar-refractivity contribution in [3.05, 3.63) is 164 Å². The van der Waals surface area contributed by atoms with E-state index in [-0.39, 0.29) is 6.04 Å². The number of nitrogens with two attached hydrogens (primary N) is 1. The predicted octanol–water partition coefficient (Wildman–Crippen LogP) is 9.24. The first kappa shape index (κ1) is 24.9. The number of anilines is 3. The molecular formula is C36H32N2. The van der Waals surface area contributed by atoms with Gasteiger partial charge in [-0.1, -0.05) is 116 Å². The molecule has 0 fully saturated rings. The van der Waals surface area contributed by atoms with Crippen LogP contribution in [0.15, 0.2) is 153 Å². The van der Waals surface area contributed by atoms with Crippen molar-refractivity contribution in [2.75, 3.05) is 10.6 Å². The van der Waals surface area contributed by atoms with Crippen molar-refractivity contribution in [1.82, 2.24) is 0 Å². The molecule has 0 spiro atoms. The topological polar surface area (TPSA) is 29.3 Å². The van der Waals surface area contributed by atoms with Crippen molar-refractivity contribution >= 4 is 28.2 Å². The van der Waals surface area contributed by atoms with Gasteiger partial charge in [-0.05, 0) is 76.2 Å². The maximum atomic E-state index is 5.89. The Hall–Kier alpha value is -4.82. The van der Waals surface area contributed by atoms with Gasteiger partial charge in [-0.3, -0.25) is 0 Å². The Morgan fingerprint density at radius 3 is 1.89 bits per heavy atom. The lowest BCUT2D eigenvalue weighted by Crippen LogP contribution is -2.30. The highest BCUT2D eigenvalue weighted by Crippen LogP contribution is 2.35. The molecule has 0 heterocycles. The molecule has 0 amide bonds. The molecule has 2 N–H and O–H groups in total. The fourth-order valence-electron chi connectivity index (χ4n) is 4.89. The van der Waals surface area contributed by atoms with Gasteiger partial charge >= 0.3 is 0 Å². The van der Waals surface area contributed by atoms with E-state index < -0.39 is 0 Å². The van der Waals surface area contributed by atoms with E-state index in [1.165, 1.54) is 16.7 Å². The van der Waals surface area contributed by atoms with Crippen molar-refractivity contribution < 1.29 is 0 Å². The summed E-state index contributed by atoms with van der Waals surface area (Å²) in [6.07, 6.45) is 13.5. The molecule has 186 valence electrons. The van der Waals surface area contributed by atoms with Gasteiger partial charge in [0.2, 0.25) is 0 Å². The van der Waals surface area contributed by atoms with E-state index in [1.807, 2.05) is 24.3 Å². The van der Waals surface area contributed by atoms with Gasteiger partial charge in [0.1, 0.15) is 0 Å². The second kappa shape index (κ2) is 11.5. The Morgan fingerprint density at radius 2 is 1.34 bits per heavy atom. The zero-order valence-electron chi connectivity index (χ0n) is 21.5. The monoisotopic (exact) mass is 492 g/mol. The highest BCUT2D eigenvalue weighted by Gasteiger charge is 2.21. The second-order valence-corrected chi connectivity index (χ2v) is 9.34. The molecule has 1 aliphatic rings. The van der Waals surface area contributed by atoms with Gasteiger partial charge in [-0.2, -0.15) is 0 Å². The molecule has 0 saturated carbocycles. The Bertz CT molecular complexity index is 1490. The predicted molar refractivity (Wildman–Crippen MR) is 165 cm³/mol. The van der Waals surface area contributed by atoms with Crippen molar-refractivity contribution in [2.45, 2.75) is 12.5 Å². The molecule has 0 bridgehead atoms. The van der Waals surface area contributed by atoms with Gasteiger partial charge in [0, 0.05) is 17.1 Å². The van der Waals surface area contributed by atoms with E-state index in [1.54, 1.807) is 6.08 Å². The molecule has 4 aromatic carbocycles. The van der Waals surface area contributed by atoms with Gasteiger partial charge < -0.3 is 10.6 Å². The van der Waals surface area contributed by atoms with Crippen LogP contribution in [0.2, 0.25) is 0 Å². The summed E-state index contributed by atoms with van der Waals surface area (Å²) in [6, 6.07) is 36.2. The number of allylic oxidation sites excluding steroid dienone is 6. The van der Waals surface area contributed by atoms with Gasteiger partial charge in [0.05, 0.1) is 6.04 Å². The molecule has 1 unspecified atom stereocenters. The number of hydrogen-bond acceptors (Lipinski definition) is 2. The zero-order chi connectivity index (χ0) is 26.3. The summed E-state index contributed by atoms with van der Waals surface area (Å²) in [7, 11) is 0. The van der Waals surface area contributed by atoms with Crippen molar-refractivity contribution in [1.29, 1.82) is 0 Å². The van der Waals surface area contributed by atoms with Crippen LogP contribution in [0, 0.1) is 0 Å². The first-order chi connectivity index (χ1) is 18.7. The van der Waals surface area contributed by atoms with E-state index in [0.29, 0.717) is 0 Å². The third-order valence-corrected chi connectivity index (χ3v) is 6.90. The average Bonchev–Trinajstić information content (AvgIpc) is 2.98. The normalized spacial score (nSPS) is 15.0. The summed E-state index contributed by atoms with van der Waals surface area (Å²) in [4.78, 5) is 2.41. The Balaban J connectivity index is 1.48. The fraction of sp³-hybridized carbons (Fsp3) is 0.0556. The Kier molecular flexibility index (Phi) is 7.52. The van der Waals surface area contributed by atoms with Crippen molar-refractivity contribution in [3.8, 4) is 11.1 Å². The number of nitrogens with zero attached hydrogens (tertiary/aromatic N) is 1. The molecule has 1 atom stereocenters. The number of hydrogen-bond donors (Lipinski definition) is 1. The van der Waals surface area contributed by atoms with E-state index in [9.17, 15) is 0 Å². The lowest BCUT2D eigenvalue weighted by atomic mass is 9.95. The first-order valence-electron chi connectivity index (χ1n) is 12.9. The second-order valence-electron chi connectivity index (χ2n) is 9.34. The molecule has 1 aliphatic carbocycles. The van der Waals surface area contributed by atoms with Crippen LogP contribution in [0.5, 0.6) is 0 Å². The highest BCUT2D eigenvalue weighted by molar-refractivity contribution is 5.79. The summed E-state index contributed by atoms with van der Waals surface area (Å²) in [5.74, 6) is 0. The Morgan fingerprint density at radius 1 is 0.737 bits per heavy atom. The summed E-state index contributed by atoms with van der Waals surface area (Å²) in [6.45, 7) is 7.79. The van der Waals surface area contributed by atoms with Crippen LogP contribution < -0.4 is 10.6 Å². The van der Waals surface area contributed by atoms with E-state index in [4.69, 9.17) is 5.73 Å². The maximum absolute atomic E-state index is 5.89. The third kappa shape index (κ3) is 5.45. The minimum atomic E-state index is 0.193. The molecule has 0 saturated heterocycles. The van der Waals surface area contributed by atoms with Crippen LogP contribution in [-0.4, -0.2) is 6.04 Å². The third-order valence-electron chi connectivity index (χ3n) is 6.90. The standard InChI is InChI=1S/C36H32N2/c1-3-8-27(4-2)29-13-21-34(22-14-29)38(35-23-15-31(16-24-35)28-9-6-5-7-10-28)36-25-17-32(18-26-36)30-11-19-33(37)20-12-30/h3-23,25-26,35H,1-2,24,37H2/b27-8+. The summed E-state index contributed by atoms with van der Waals surface area (Å²) < 4.78 is 0. The number of rotatable bonds is 8. The average molecular weight is 493 g/mol. The minimum absolute atomic E-state index is 0.193. The van der Waals surface area contributed by atoms with Crippen LogP contribution in [0.3, 0.4) is 0 Å². The molecule has 2 heteroatoms. The lowest BCUT2D eigenvalue weighted by molar-refractivity contribution is 0.787. The van der Waals surface area contributed by atoms with E-state index in [2.05, 4.69) is 127 Å². The van der Waals surface area contributed by atoms with Gasteiger partial charge in [0.25, 0.3) is 0 Å². The minimum Gasteiger partial charge on any atom is -0.399 e. The number of nitrogen functional groups attached to an aromatic ring is 1. The highest BCUT2D eigenvalue weighted by atomic mass is 15.2. The summed E-state index contributed by atoms with van der Waals surface area (Å²) in [5, 5.41) is 0. The smallest absolute Gasteiger partial charge is 0.0560 e. The number of benzene rings is 4. The molecule has 38 heavy (non-hydrogen) atoms. The van der Waals surface area contributed by atoms with Gasteiger partial charge in [-0.25, -0.2) is 0 Å². The van der Waals surface area contributed by atoms with Gasteiger partial charge in [0.15, 0.2) is 0 Å². The molecule has 2 nitrogen and oxygen atoms in total. The van der Waals surface area contributed by atoms with Crippen molar-refractivity contribution in [2.24, 2.45) is 0 Å². The van der Waals surface area contributed by atoms with Crippen LogP contribution in [0.1, 0.15) is 17.5 Å². The molecule has 5 rings (SSSR count). The first-order valence-corrected chi connectivity index (χ1v) is 12.9. The largest absolute Gasteiger partial charge is 0.399 e. The van der Waals surface area contributed by atoms with E-state index in [0.717, 1.165) is 40.2 Å². The maximum Gasteiger partial charge on any atom is 0.0560 e. The fourth-order valence-corrected chi connectivity index (χ4v) is 4.89. The Labute approximate surface area is 226 Å². The van der Waals surface area contributed by atoms with Crippen LogP contribution in [0.4, 0.5) is 17.1 Å². The SMILES string of the molecule is C=C/C=C(\C=C)c1ccc(N(c2ccc(-c3ccc(N)cc3)cc2)C2C=CC(c3ccccc3)=CC2)cc1. The van der Waals surface area contributed by atoms with Crippen LogP contribution >= 0.6 is 0 Å². The molecule has 0 radical (unpaired) electrons. The zero-order valence-corrected chi connectivity index (χ0v) is 21.5. The van der Waals surface area contributed by atoms with Crippen molar-refractivity contribution in [3.63, 3.8) is 0 Å². The molecule has 4 aromatic rings. The van der Waals surface area contributed by atoms with Crippen LogP contribution in [0.25, 0.3) is 22.3 Å². The van der Waals surface area contributed by atoms with E-state index >= 15 is 0 Å².